The Kier molecular flexibility index (Phi) is 3.95. The fourth-order valence-electron chi connectivity index (χ4n) is 1.79. The van der Waals surface area contributed by atoms with E-state index in [2.05, 4.69) is 22.3 Å². The highest BCUT2D eigenvalue weighted by Crippen LogP contribution is 2.18. The molecule has 3 heteroatoms. The summed E-state index contributed by atoms with van der Waals surface area (Å²) in [6.45, 7) is 0.917. The SMILES string of the molecule is CN(C)Cc1ccc(Nc2cccc(F)c2)cc1. The van der Waals surface area contributed by atoms with Gasteiger partial charge in [0.15, 0.2) is 0 Å². The number of benzene rings is 2. The van der Waals surface area contributed by atoms with Crippen molar-refractivity contribution in [1.29, 1.82) is 0 Å². The van der Waals surface area contributed by atoms with Gasteiger partial charge in [0.2, 0.25) is 0 Å². The van der Waals surface area contributed by atoms with Gasteiger partial charge in [0.25, 0.3) is 0 Å². The van der Waals surface area contributed by atoms with E-state index < -0.39 is 0 Å². The van der Waals surface area contributed by atoms with E-state index in [1.165, 1.54) is 17.7 Å². The molecule has 2 nitrogen and oxygen atoms in total. The third-order valence-electron chi connectivity index (χ3n) is 2.57. The molecule has 0 saturated carbocycles. The van der Waals surface area contributed by atoms with Gasteiger partial charge in [0, 0.05) is 17.9 Å². The Morgan fingerprint density at radius 1 is 1.00 bits per heavy atom. The fraction of sp³-hybridized carbons (Fsp3) is 0.200. The van der Waals surface area contributed by atoms with Gasteiger partial charge in [-0.05, 0) is 50.0 Å². The van der Waals surface area contributed by atoms with Crippen molar-refractivity contribution in [3.05, 3.63) is 59.9 Å². The van der Waals surface area contributed by atoms with Gasteiger partial charge in [-0.25, -0.2) is 4.39 Å². The molecule has 2 rings (SSSR count). The highest BCUT2D eigenvalue weighted by atomic mass is 19.1. The maximum Gasteiger partial charge on any atom is 0.125 e. The minimum absolute atomic E-state index is 0.232. The third-order valence-corrected chi connectivity index (χ3v) is 2.57. The zero-order chi connectivity index (χ0) is 13.0. The van der Waals surface area contributed by atoms with Gasteiger partial charge < -0.3 is 10.2 Å². The first kappa shape index (κ1) is 12.6. The van der Waals surface area contributed by atoms with Crippen LogP contribution in [0.3, 0.4) is 0 Å². The molecule has 0 saturated heterocycles. The minimum Gasteiger partial charge on any atom is -0.355 e. The van der Waals surface area contributed by atoms with Crippen LogP contribution in [0.1, 0.15) is 5.56 Å². The van der Waals surface area contributed by atoms with E-state index in [0.717, 1.165) is 17.9 Å². The summed E-state index contributed by atoms with van der Waals surface area (Å²) in [6.07, 6.45) is 0. The molecule has 0 aliphatic carbocycles. The molecule has 0 heterocycles. The quantitative estimate of drug-likeness (QED) is 0.883. The molecule has 1 N–H and O–H groups in total. The Morgan fingerprint density at radius 3 is 2.33 bits per heavy atom. The molecule has 0 fully saturated rings. The molecule has 0 aromatic heterocycles. The van der Waals surface area contributed by atoms with E-state index in [1.807, 2.05) is 32.3 Å². The summed E-state index contributed by atoms with van der Waals surface area (Å²) in [5, 5.41) is 3.17. The standard InChI is InChI=1S/C15H17FN2/c1-18(2)11-12-6-8-14(9-7-12)17-15-5-3-4-13(16)10-15/h3-10,17H,11H2,1-2H3. The molecule has 2 aromatic carbocycles. The lowest BCUT2D eigenvalue weighted by Crippen LogP contribution is -2.10. The Labute approximate surface area is 107 Å². The second-order valence-corrected chi connectivity index (χ2v) is 4.57. The first-order valence-electron chi connectivity index (χ1n) is 5.90. The first-order chi connectivity index (χ1) is 8.63. The molecule has 2 aromatic rings. The van der Waals surface area contributed by atoms with Gasteiger partial charge in [-0.15, -0.1) is 0 Å². The monoisotopic (exact) mass is 244 g/mol. The predicted molar refractivity (Wildman–Crippen MR) is 73.5 cm³/mol. The van der Waals surface area contributed by atoms with Crippen molar-refractivity contribution in [3.8, 4) is 0 Å². The summed E-state index contributed by atoms with van der Waals surface area (Å²) in [4.78, 5) is 2.12. The molecule has 0 radical (unpaired) electrons. The predicted octanol–water partition coefficient (Wildman–Crippen LogP) is 3.63. The van der Waals surface area contributed by atoms with Crippen molar-refractivity contribution < 1.29 is 4.39 Å². The highest BCUT2D eigenvalue weighted by molar-refractivity contribution is 5.59. The number of nitrogens with zero attached hydrogens (tertiary/aromatic N) is 1. The van der Waals surface area contributed by atoms with Crippen LogP contribution in [0.4, 0.5) is 15.8 Å². The van der Waals surface area contributed by atoms with Gasteiger partial charge in [-0.1, -0.05) is 18.2 Å². The van der Waals surface area contributed by atoms with E-state index in [9.17, 15) is 4.39 Å². The summed E-state index contributed by atoms with van der Waals surface area (Å²) in [5.74, 6) is -0.232. The van der Waals surface area contributed by atoms with Crippen LogP contribution in [0.5, 0.6) is 0 Å². The van der Waals surface area contributed by atoms with Gasteiger partial charge in [-0.3, -0.25) is 0 Å². The van der Waals surface area contributed by atoms with Crippen LogP contribution in [0.2, 0.25) is 0 Å². The van der Waals surface area contributed by atoms with Crippen molar-refractivity contribution in [2.24, 2.45) is 0 Å². The maximum atomic E-state index is 13.0. The second-order valence-electron chi connectivity index (χ2n) is 4.57. The van der Waals surface area contributed by atoms with Crippen molar-refractivity contribution in [3.63, 3.8) is 0 Å². The molecule has 0 atom stereocenters. The molecule has 0 unspecified atom stereocenters. The van der Waals surface area contributed by atoms with Crippen molar-refractivity contribution in [2.75, 3.05) is 19.4 Å². The zero-order valence-corrected chi connectivity index (χ0v) is 10.7. The number of nitrogens with one attached hydrogen (secondary N) is 1. The molecule has 0 bridgehead atoms. The summed E-state index contributed by atoms with van der Waals surface area (Å²) in [5.41, 5.74) is 2.98. The molecule has 0 aliphatic heterocycles. The average molecular weight is 244 g/mol. The molecule has 0 amide bonds. The number of hydrogen-bond donors (Lipinski definition) is 1. The van der Waals surface area contributed by atoms with E-state index in [4.69, 9.17) is 0 Å². The first-order valence-corrected chi connectivity index (χ1v) is 5.90. The van der Waals surface area contributed by atoms with Crippen LogP contribution in [-0.2, 0) is 6.54 Å². The van der Waals surface area contributed by atoms with E-state index in [-0.39, 0.29) is 5.82 Å². The smallest absolute Gasteiger partial charge is 0.125 e. The van der Waals surface area contributed by atoms with Gasteiger partial charge in [0.1, 0.15) is 5.82 Å². The summed E-state index contributed by atoms with van der Waals surface area (Å²) in [6, 6.07) is 14.6. The van der Waals surface area contributed by atoms with E-state index >= 15 is 0 Å². The van der Waals surface area contributed by atoms with Crippen LogP contribution >= 0.6 is 0 Å². The Balaban J connectivity index is 2.06. The van der Waals surface area contributed by atoms with Crippen LogP contribution < -0.4 is 5.32 Å². The van der Waals surface area contributed by atoms with Gasteiger partial charge in [0.05, 0.1) is 0 Å². The molecular weight excluding hydrogens is 227 g/mol. The normalized spacial score (nSPS) is 10.7. The van der Waals surface area contributed by atoms with Crippen LogP contribution in [0.25, 0.3) is 0 Å². The zero-order valence-electron chi connectivity index (χ0n) is 10.7. The summed E-state index contributed by atoms with van der Waals surface area (Å²) < 4.78 is 13.0. The lowest BCUT2D eigenvalue weighted by Gasteiger charge is -2.11. The molecule has 0 aliphatic rings. The maximum absolute atomic E-state index is 13.0. The van der Waals surface area contributed by atoms with Gasteiger partial charge in [-0.2, -0.15) is 0 Å². The van der Waals surface area contributed by atoms with E-state index in [1.54, 1.807) is 6.07 Å². The topological polar surface area (TPSA) is 15.3 Å². The number of rotatable bonds is 4. The fourth-order valence-corrected chi connectivity index (χ4v) is 1.79. The number of anilines is 2. The van der Waals surface area contributed by atoms with Crippen molar-refractivity contribution >= 4 is 11.4 Å². The number of halogens is 1. The van der Waals surface area contributed by atoms with Crippen LogP contribution in [-0.4, -0.2) is 19.0 Å². The molecule has 94 valence electrons. The lowest BCUT2D eigenvalue weighted by atomic mass is 10.2. The molecule has 0 spiro atoms. The molecular formula is C15H17FN2. The summed E-state index contributed by atoms with van der Waals surface area (Å²) in [7, 11) is 4.08. The van der Waals surface area contributed by atoms with Crippen molar-refractivity contribution in [2.45, 2.75) is 6.54 Å². The molecule has 18 heavy (non-hydrogen) atoms. The van der Waals surface area contributed by atoms with E-state index in [0.29, 0.717) is 0 Å². The Hall–Kier alpha value is -1.87. The Bertz CT molecular complexity index is 506. The highest BCUT2D eigenvalue weighted by Gasteiger charge is 1.98. The second kappa shape index (κ2) is 5.65. The number of hydrogen-bond acceptors (Lipinski definition) is 2. The van der Waals surface area contributed by atoms with Crippen LogP contribution in [0, 0.1) is 5.82 Å². The van der Waals surface area contributed by atoms with Crippen molar-refractivity contribution in [1.82, 2.24) is 4.90 Å². The van der Waals surface area contributed by atoms with Gasteiger partial charge >= 0.3 is 0 Å². The largest absolute Gasteiger partial charge is 0.355 e. The Morgan fingerprint density at radius 2 is 1.72 bits per heavy atom. The van der Waals surface area contributed by atoms with Crippen LogP contribution in [0.15, 0.2) is 48.5 Å². The average Bonchev–Trinajstić information content (AvgIpc) is 2.31. The minimum atomic E-state index is -0.232. The third kappa shape index (κ3) is 3.57. The summed E-state index contributed by atoms with van der Waals surface area (Å²) >= 11 is 0. The lowest BCUT2D eigenvalue weighted by molar-refractivity contribution is 0.402.